The van der Waals surface area contributed by atoms with Gasteiger partial charge in [-0.1, -0.05) is 53.9 Å². The van der Waals surface area contributed by atoms with Gasteiger partial charge in [-0.15, -0.1) is 0 Å². The third-order valence-corrected chi connectivity index (χ3v) is 6.55. The summed E-state index contributed by atoms with van der Waals surface area (Å²) in [5.41, 5.74) is 1.15. The quantitative estimate of drug-likeness (QED) is 0.230. The second-order valence-corrected chi connectivity index (χ2v) is 9.38. The van der Waals surface area contributed by atoms with E-state index >= 15 is 0 Å². The molecular weight excluding hydrogens is 465 g/mol. The number of benzene rings is 1. The standard InChI is InChI=1S/C28H39F3N4O/c1-6-9-11-20(10-7-2)34-23-16-19(29)12-13-21(23)25(32)22-14-15-33-27(24(22)18(5)26(30)31)35-28(36)17(4)8-3/h12-18,20,26,32,34H,6-11H2,1-5H3,(H,33,35,36). The van der Waals surface area contributed by atoms with Crippen LogP contribution < -0.4 is 10.6 Å². The lowest BCUT2D eigenvalue weighted by Gasteiger charge is -2.24. The molecule has 2 aromatic rings. The SMILES string of the molecule is CCCCC(CCC)Nc1cc(F)ccc1C(=N)c1ccnc(NC(=O)C(C)CC)c1C(C)C(F)F. The third kappa shape index (κ3) is 7.55. The van der Waals surface area contributed by atoms with Crippen LogP contribution in [-0.2, 0) is 4.79 Å². The second kappa shape index (κ2) is 14.0. The molecule has 0 radical (unpaired) electrons. The average Bonchev–Trinajstić information content (AvgIpc) is 2.85. The Kier molecular flexibility index (Phi) is 11.4. The van der Waals surface area contributed by atoms with Crippen LogP contribution in [0.1, 0.15) is 95.8 Å². The van der Waals surface area contributed by atoms with Crippen LogP contribution >= 0.6 is 0 Å². The monoisotopic (exact) mass is 504 g/mol. The van der Waals surface area contributed by atoms with Crippen molar-refractivity contribution in [2.45, 2.75) is 91.5 Å². The van der Waals surface area contributed by atoms with E-state index in [1.807, 2.05) is 6.92 Å². The zero-order chi connectivity index (χ0) is 26.8. The topological polar surface area (TPSA) is 77.9 Å². The molecule has 5 nitrogen and oxygen atoms in total. The molecule has 0 aliphatic rings. The van der Waals surface area contributed by atoms with Crippen molar-refractivity contribution >= 4 is 23.1 Å². The Morgan fingerprint density at radius 2 is 1.78 bits per heavy atom. The van der Waals surface area contributed by atoms with Gasteiger partial charge in [-0.05, 0) is 43.5 Å². The van der Waals surface area contributed by atoms with Crippen LogP contribution in [0.15, 0.2) is 30.5 Å². The normalized spacial score (nSPS) is 13.8. The van der Waals surface area contributed by atoms with E-state index < -0.39 is 18.2 Å². The van der Waals surface area contributed by atoms with Crippen molar-refractivity contribution < 1.29 is 18.0 Å². The number of hydrogen-bond donors (Lipinski definition) is 3. The van der Waals surface area contributed by atoms with Crippen LogP contribution in [0, 0.1) is 17.1 Å². The van der Waals surface area contributed by atoms with E-state index in [0.717, 1.165) is 32.1 Å². The first-order valence-corrected chi connectivity index (χ1v) is 12.9. The molecule has 0 spiro atoms. The van der Waals surface area contributed by atoms with Crippen LogP contribution in [0.25, 0.3) is 0 Å². The number of hydrogen-bond acceptors (Lipinski definition) is 4. The van der Waals surface area contributed by atoms with Crippen LogP contribution in [-0.4, -0.2) is 29.1 Å². The van der Waals surface area contributed by atoms with Gasteiger partial charge >= 0.3 is 0 Å². The summed E-state index contributed by atoms with van der Waals surface area (Å²) in [5, 5.41) is 15.1. The Hall–Kier alpha value is -2.90. The molecule has 0 aliphatic heterocycles. The maximum absolute atomic E-state index is 14.3. The predicted octanol–water partition coefficient (Wildman–Crippen LogP) is 7.76. The highest BCUT2D eigenvalue weighted by Gasteiger charge is 2.28. The molecule has 3 N–H and O–H groups in total. The predicted molar refractivity (Wildman–Crippen MR) is 141 cm³/mol. The number of unbranched alkanes of at least 4 members (excludes halogenated alkanes) is 1. The van der Waals surface area contributed by atoms with Gasteiger partial charge in [0.1, 0.15) is 11.6 Å². The third-order valence-electron chi connectivity index (χ3n) is 6.55. The fourth-order valence-electron chi connectivity index (χ4n) is 4.11. The van der Waals surface area contributed by atoms with Crippen molar-refractivity contribution in [3.05, 3.63) is 53.0 Å². The number of alkyl halides is 2. The first kappa shape index (κ1) is 29.3. The Bertz CT molecular complexity index is 1030. The Morgan fingerprint density at radius 1 is 1.06 bits per heavy atom. The van der Waals surface area contributed by atoms with Gasteiger partial charge in [0.05, 0.1) is 5.71 Å². The van der Waals surface area contributed by atoms with Gasteiger partial charge in [0.2, 0.25) is 12.3 Å². The van der Waals surface area contributed by atoms with Crippen molar-refractivity contribution in [1.29, 1.82) is 5.41 Å². The lowest BCUT2D eigenvalue weighted by atomic mass is 9.90. The highest BCUT2D eigenvalue weighted by atomic mass is 19.3. The van der Waals surface area contributed by atoms with Crippen molar-refractivity contribution in [2.75, 3.05) is 10.6 Å². The molecule has 2 rings (SSSR count). The van der Waals surface area contributed by atoms with E-state index in [1.165, 1.54) is 37.4 Å². The molecule has 0 saturated carbocycles. The van der Waals surface area contributed by atoms with Crippen LogP contribution in [0.3, 0.4) is 0 Å². The van der Waals surface area contributed by atoms with E-state index in [9.17, 15) is 18.0 Å². The number of nitrogens with zero attached hydrogens (tertiary/aromatic N) is 1. The smallest absolute Gasteiger partial charge is 0.245 e. The van der Waals surface area contributed by atoms with Crippen LogP contribution in [0.2, 0.25) is 0 Å². The summed E-state index contributed by atoms with van der Waals surface area (Å²) in [6, 6.07) is 5.71. The molecule has 0 fully saturated rings. The number of carbonyl (C=O) groups is 1. The molecule has 0 saturated heterocycles. The minimum absolute atomic E-state index is 0.0266. The molecule has 3 atom stereocenters. The summed E-state index contributed by atoms with van der Waals surface area (Å²) in [4.78, 5) is 16.7. The number of aromatic nitrogens is 1. The van der Waals surface area contributed by atoms with E-state index in [4.69, 9.17) is 5.41 Å². The number of pyridine rings is 1. The first-order valence-electron chi connectivity index (χ1n) is 12.9. The second-order valence-electron chi connectivity index (χ2n) is 9.38. The maximum atomic E-state index is 14.3. The van der Waals surface area contributed by atoms with E-state index in [2.05, 4.69) is 29.5 Å². The average molecular weight is 505 g/mol. The number of rotatable bonds is 14. The molecule has 1 heterocycles. The highest BCUT2D eigenvalue weighted by Crippen LogP contribution is 2.34. The minimum Gasteiger partial charge on any atom is -0.382 e. The molecule has 8 heteroatoms. The van der Waals surface area contributed by atoms with Crippen molar-refractivity contribution in [2.24, 2.45) is 5.92 Å². The Balaban J connectivity index is 2.57. The molecule has 198 valence electrons. The lowest BCUT2D eigenvalue weighted by molar-refractivity contribution is -0.119. The Morgan fingerprint density at radius 3 is 2.39 bits per heavy atom. The highest BCUT2D eigenvalue weighted by molar-refractivity contribution is 6.15. The first-order chi connectivity index (χ1) is 17.1. The zero-order valence-electron chi connectivity index (χ0n) is 21.9. The van der Waals surface area contributed by atoms with Gasteiger partial charge < -0.3 is 10.6 Å². The van der Waals surface area contributed by atoms with Crippen molar-refractivity contribution in [3.63, 3.8) is 0 Å². The molecule has 3 unspecified atom stereocenters. The van der Waals surface area contributed by atoms with Gasteiger partial charge in [0, 0.05) is 46.5 Å². The molecule has 1 amide bonds. The number of nitrogens with one attached hydrogen (secondary N) is 3. The number of anilines is 2. The fraction of sp³-hybridized carbons (Fsp3) is 0.536. The largest absolute Gasteiger partial charge is 0.382 e. The van der Waals surface area contributed by atoms with Gasteiger partial charge in [-0.3, -0.25) is 10.2 Å². The van der Waals surface area contributed by atoms with Crippen LogP contribution in [0.4, 0.5) is 24.7 Å². The van der Waals surface area contributed by atoms with Gasteiger partial charge in [-0.25, -0.2) is 18.2 Å². The zero-order valence-corrected chi connectivity index (χ0v) is 21.9. The lowest BCUT2D eigenvalue weighted by Crippen LogP contribution is -2.24. The molecule has 36 heavy (non-hydrogen) atoms. The number of carbonyl (C=O) groups excluding carboxylic acids is 1. The number of halogens is 3. The maximum Gasteiger partial charge on any atom is 0.245 e. The number of amides is 1. The summed E-state index contributed by atoms with van der Waals surface area (Å²) in [5.74, 6) is -2.35. The van der Waals surface area contributed by atoms with Gasteiger partial charge in [-0.2, -0.15) is 0 Å². The van der Waals surface area contributed by atoms with E-state index in [0.29, 0.717) is 17.7 Å². The van der Waals surface area contributed by atoms with E-state index in [-0.39, 0.29) is 40.5 Å². The molecular formula is C28H39F3N4O. The fourth-order valence-corrected chi connectivity index (χ4v) is 4.11. The summed E-state index contributed by atoms with van der Waals surface area (Å²) in [7, 11) is 0. The van der Waals surface area contributed by atoms with E-state index in [1.54, 1.807) is 6.92 Å². The minimum atomic E-state index is -2.73. The molecule has 1 aromatic carbocycles. The Labute approximate surface area is 212 Å². The van der Waals surface area contributed by atoms with Gasteiger partial charge in [0.25, 0.3) is 0 Å². The van der Waals surface area contributed by atoms with Crippen molar-refractivity contribution in [1.82, 2.24) is 4.98 Å². The van der Waals surface area contributed by atoms with Crippen molar-refractivity contribution in [3.8, 4) is 0 Å². The molecule has 1 aromatic heterocycles. The molecule has 0 bridgehead atoms. The summed E-state index contributed by atoms with van der Waals surface area (Å²) in [6.07, 6.45) is 4.04. The van der Waals surface area contributed by atoms with Crippen LogP contribution in [0.5, 0.6) is 0 Å². The summed E-state index contributed by atoms with van der Waals surface area (Å²) < 4.78 is 42.1. The molecule has 0 aliphatic carbocycles. The van der Waals surface area contributed by atoms with Gasteiger partial charge in [0.15, 0.2) is 0 Å². The summed E-state index contributed by atoms with van der Waals surface area (Å²) >= 11 is 0. The summed E-state index contributed by atoms with van der Waals surface area (Å²) in [6.45, 7) is 9.16.